The largest absolute Gasteiger partial charge is 0.339 e. The molecule has 3 rings (SSSR count). The fourth-order valence-corrected chi connectivity index (χ4v) is 3.30. The average Bonchev–Trinajstić information content (AvgIpc) is 3.06. The predicted octanol–water partition coefficient (Wildman–Crippen LogP) is 3.45. The van der Waals surface area contributed by atoms with Crippen LogP contribution in [-0.4, -0.2) is 23.2 Å². The molecule has 2 unspecified atom stereocenters. The summed E-state index contributed by atoms with van der Waals surface area (Å²) >= 11 is 5.15. The van der Waals surface area contributed by atoms with Gasteiger partial charge < -0.3 is 9.84 Å². The zero-order chi connectivity index (χ0) is 13.9. The number of nitrogens with one attached hydrogen (secondary N) is 1. The van der Waals surface area contributed by atoms with Gasteiger partial charge in [0.25, 0.3) is 0 Å². The van der Waals surface area contributed by atoms with Crippen LogP contribution in [0.2, 0.25) is 0 Å². The lowest BCUT2D eigenvalue weighted by molar-refractivity contribution is 0.337. The van der Waals surface area contributed by atoms with Crippen molar-refractivity contribution in [1.29, 1.82) is 0 Å². The highest BCUT2D eigenvalue weighted by Gasteiger charge is 2.29. The topological polar surface area (TPSA) is 51.0 Å². The molecular formula is C14H16BrN3OS. The highest BCUT2D eigenvalue weighted by atomic mass is 79.9. The Kier molecular flexibility index (Phi) is 4.43. The van der Waals surface area contributed by atoms with Crippen molar-refractivity contribution in [2.45, 2.75) is 23.5 Å². The van der Waals surface area contributed by atoms with Gasteiger partial charge in [0.2, 0.25) is 5.89 Å². The molecule has 20 heavy (non-hydrogen) atoms. The van der Waals surface area contributed by atoms with Crippen LogP contribution in [0.15, 0.2) is 38.2 Å². The molecule has 0 radical (unpaired) electrons. The van der Waals surface area contributed by atoms with Crippen molar-refractivity contribution in [3.63, 3.8) is 0 Å². The molecule has 2 aromatic rings. The van der Waals surface area contributed by atoms with Gasteiger partial charge in [-0.2, -0.15) is 4.98 Å². The molecule has 0 spiro atoms. The van der Waals surface area contributed by atoms with Gasteiger partial charge in [0.1, 0.15) is 0 Å². The van der Waals surface area contributed by atoms with Gasteiger partial charge in [0.05, 0.1) is 11.7 Å². The van der Waals surface area contributed by atoms with E-state index in [4.69, 9.17) is 4.52 Å². The molecule has 2 atom stereocenters. The Hall–Kier alpha value is -0.850. The van der Waals surface area contributed by atoms with Gasteiger partial charge in [0, 0.05) is 15.9 Å². The van der Waals surface area contributed by atoms with E-state index in [-0.39, 0.29) is 0 Å². The van der Waals surface area contributed by atoms with Gasteiger partial charge in [-0.25, -0.2) is 0 Å². The second-order valence-corrected chi connectivity index (χ2v) is 7.00. The molecular weight excluding hydrogens is 338 g/mol. The van der Waals surface area contributed by atoms with Crippen molar-refractivity contribution in [2.75, 3.05) is 13.1 Å². The Morgan fingerprint density at radius 2 is 2.15 bits per heavy atom. The van der Waals surface area contributed by atoms with E-state index < -0.39 is 0 Å². The summed E-state index contributed by atoms with van der Waals surface area (Å²) in [6.07, 6.45) is 0. The molecule has 1 aromatic heterocycles. The molecule has 1 fully saturated rings. The van der Waals surface area contributed by atoms with Crippen molar-refractivity contribution in [2.24, 2.45) is 5.92 Å². The maximum Gasteiger partial charge on any atom is 0.231 e. The summed E-state index contributed by atoms with van der Waals surface area (Å²) in [5.41, 5.74) is 0. The van der Waals surface area contributed by atoms with Gasteiger partial charge in [-0.05, 0) is 36.7 Å². The highest BCUT2D eigenvalue weighted by Crippen LogP contribution is 2.28. The van der Waals surface area contributed by atoms with Crippen LogP contribution in [0.3, 0.4) is 0 Å². The number of aromatic nitrogens is 2. The van der Waals surface area contributed by atoms with E-state index >= 15 is 0 Å². The Morgan fingerprint density at radius 1 is 1.35 bits per heavy atom. The van der Waals surface area contributed by atoms with Crippen LogP contribution >= 0.6 is 27.7 Å². The summed E-state index contributed by atoms with van der Waals surface area (Å²) in [6, 6.07) is 8.24. The molecule has 1 N–H and O–H groups in total. The average molecular weight is 354 g/mol. The standard InChI is InChI=1S/C14H16BrN3OS/c1-9-6-16-7-12(9)14-17-13(18-19-14)8-20-11-4-2-10(15)3-5-11/h2-5,9,12,16H,6-8H2,1H3. The third-order valence-corrected chi connectivity index (χ3v) is 5.04. The molecule has 1 saturated heterocycles. The number of nitrogens with zero attached hydrogens (tertiary/aromatic N) is 2. The summed E-state index contributed by atoms with van der Waals surface area (Å²) in [7, 11) is 0. The Bertz CT molecular complexity index is 572. The molecule has 1 aliphatic rings. The summed E-state index contributed by atoms with van der Waals surface area (Å²) in [4.78, 5) is 5.73. The highest BCUT2D eigenvalue weighted by molar-refractivity contribution is 9.10. The Morgan fingerprint density at radius 3 is 2.85 bits per heavy atom. The fourth-order valence-electron chi connectivity index (χ4n) is 2.30. The van der Waals surface area contributed by atoms with E-state index in [0.717, 1.165) is 35.0 Å². The van der Waals surface area contributed by atoms with Crippen molar-refractivity contribution in [1.82, 2.24) is 15.5 Å². The van der Waals surface area contributed by atoms with E-state index in [1.165, 1.54) is 4.90 Å². The molecule has 2 heterocycles. The third kappa shape index (κ3) is 3.24. The molecule has 4 nitrogen and oxygen atoms in total. The lowest BCUT2D eigenvalue weighted by Crippen LogP contribution is -2.08. The SMILES string of the molecule is CC1CNCC1c1nc(CSc2ccc(Br)cc2)no1. The Balaban J connectivity index is 1.61. The number of benzene rings is 1. The first-order valence-electron chi connectivity index (χ1n) is 6.64. The van der Waals surface area contributed by atoms with Crippen LogP contribution < -0.4 is 5.32 Å². The van der Waals surface area contributed by atoms with Gasteiger partial charge in [-0.3, -0.25) is 0 Å². The lowest BCUT2D eigenvalue weighted by Gasteiger charge is -2.07. The molecule has 1 aromatic carbocycles. The van der Waals surface area contributed by atoms with Crippen molar-refractivity contribution in [3.05, 3.63) is 40.5 Å². The maximum absolute atomic E-state index is 5.40. The zero-order valence-corrected chi connectivity index (χ0v) is 13.6. The first-order valence-corrected chi connectivity index (χ1v) is 8.42. The fraction of sp³-hybridized carbons (Fsp3) is 0.429. The van der Waals surface area contributed by atoms with E-state index in [1.807, 2.05) is 12.1 Å². The molecule has 0 saturated carbocycles. The van der Waals surface area contributed by atoms with Gasteiger partial charge in [-0.15, -0.1) is 11.8 Å². The lowest BCUT2D eigenvalue weighted by atomic mass is 9.98. The second kappa shape index (κ2) is 6.28. The molecule has 106 valence electrons. The number of hydrogen-bond acceptors (Lipinski definition) is 5. The zero-order valence-electron chi connectivity index (χ0n) is 11.2. The smallest absolute Gasteiger partial charge is 0.231 e. The van der Waals surface area contributed by atoms with Gasteiger partial charge >= 0.3 is 0 Å². The molecule has 0 aliphatic carbocycles. The number of rotatable bonds is 4. The van der Waals surface area contributed by atoms with Crippen LogP contribution in [-0.2, 0) is 5.75 Å². The van der Waals surface area contributed by atoms with Crippen LogP contribution in [0.25, 0.3) is 0 Å². The van der Waals surface area contributed by atoms with Gasteiger partial charge in [-0.1, -0.05) is 28.0 Å². The first kappa shape index (κ1) is 14.1. The minimum atomic E-state index is 0.355. The van der Waals surface area contributed by atoms with Crippen LogP contribution in [0, 0.1) is 5.92 Å². The summed E-state index contributed by atoms with van der Waals surface area (Å²) in [5.74, 6) is 3.19. The molecule has 6 heteroatoms. The van der Waals surface area contributed by atoms with Gasteiger partial charge in [0.15, 0.2) is 5.82 Å². The minimum absolute atomic E-state index is 0.355. The van der Waals surface area contributed by atoms with Crippen molar-refractivity contribution >= 4 is 27.7 Å². The maximum atomic E-state index is 5.40. The predicted molar refractivity (Wildman–Crippen MR) is 82.8 cm³/mol. The van der Waals surface area contributed by atoms with Crippen molar-refractivity contribution < 1.29 is 4.52 Å². The summed E-state index contributed by atoms with van der Waals surface area (Å²) < 4.78 is 6.49. The van der Waals surface area contributed by atoms with Crippen LogP contribution in [0.4, 0.5) is 0 Å². The third-order valence-electron chi connectivity index (χ3n) is 3.50. The van der Waals surface area contributed by atoms with E-state index in [1.54, 1.807) is 11.8 Å². The molecule has 0 bridgehead atoms. The van der Waals surface area contributed by atoms with Crippen LogP contribution in [0.5, 0.6) is 0 Å². The number of thioether (sulfide) groups is 1. The monoisotopic (exact) mass is 353 g/mol. The number of hydrogen-bond donors (Lipinski definition) is 1. The molecule has 1 aliphatic heterocycles. The van der Waals surface area contributed by atoms with E-state index in [9.17, 15) is 0 Å². The second-order valence-electron chi connectivity index (χ2n) is 5.03. The van der Waals surface area contributed by atoms with Crippen LogP contribution in [0.1, 0.15) is 24.6 Å². The summed E-state index contributed by atoms with van der Waals surface area (Å²) in [5, 5.41) is 7.44. The quantitative estimate of drug-likeness (QED) is 0.853. The Labute approximate surface area is 130 Å². The normalized spacial score (nSPS) is 22.3. The molecule has 0 amide bonds. The first-order chi connectivity index (χ1) is 9.72. The minimum Gasteiger partial charge on any atom is -0.339 e. The van der Waals surface area contributed by atoms with E-state index in [0.29, 0.717) is 11.8 Å². The van der Waals surface area contributed by atoms with Crippen molar-refractivity contribution in [3.8, 4) is 0 Å². The summed E-state index contributed by atoms with van der Waals surface area (Å²) in [6.45, 7) is 4.17. The number of halogens is 1. The van der Waals surface area contributed by atoms with E-state index in [2.05, 4.69) is 50.4 Å².